The molecule has 1 aliphatic rings. The van der Waals surface area contributed by atoms with Gasteiger partial charge in [0.25, 0.3) is 0 Å². The van der Waals surface area contributed by atoms with Crippen molar-refractivity contribution in [2.75, 3.05) is 32.6 Å². The molecule has 152 valence electrons. The van der Waals surface area contributed by atoms with Crippen molar-refractivity contribution in [3.8, 4) is 11.5 Å². The van der Waals surface area contributed by atoms with Crippen LogP contribution in [0.2, 0.25) is 0 Å². The number of piperidine rings is 1. The zero-order valence-corrected chi connectivity index (χ0v) is 16.7. The Hall–Kier alpha value is -2.66. The number of sulfonamides is 1. The maximum atomic E-state index is 12.9. The molecule has 2 heterocycles. The molecule has 1 aromatic carbocycles. The zero-order chi connectivity index (χ0) is 20.3. The van der Waals surface area contributed by atoms with Crippen molar-refractivity contribution in [1.29, 1.82) is 0 Å². The third-order valence-corrected chi connectivity index (χ3v) is 6.47. The fourth-order valence-corrected chi connectivity index (χ4v) is 4.52. The first kappa shape index (κ1) is 20.1. The Morgan fingerprint density at radius 2 is 1.86 bits per heavy atom. The molecular formula is C17H22N4O6S. The van der Waals surface area contributed by atoms with Crippen LogP contribution >= 0.6 is 0 Å². The minimum absolute atomic E-state index is 0.0443. The van der Waals surface area contributed by atoms with E-state index in [4.69, 9.17) is 13.9 Å². The Bertz CT molecular complexity index is 950. The number of anilines is 1. The lowest BCUT2D eigenvalue weighted by molar-refractivity contribution is -0.121. The van der Waals surface area contributed by atoms with Gasteiger partial charge in [-0.1, -0.05) is 5.10 Å². The van der Waals surface area contributed by atoms with Crippen molar-refractivity contribution in [2.45, 2.75) is 24.7 Å². The number of hydrogen-bond acceptors (Lipinski definition) is 8. The molecule has 0 unspecified atom stereocenters. The van der Waals surface area contributed by atoms with E-state index < -0.39 is 10.0 Å². The minimum Gasteiger partial charge on any atom is -0.493 e. The van der Waals surface area contributed by atoms with Crippen LogP contribution in [0.3, 0.4) is 0 Å². The van der Waals surface area contributed by atoms with Crippen LogP contribution in [0.4, 0.5) is 6.01 Å². The number of amides is 1. The second kappa shape index (κ2) is 8.15. The minimum atomic E-state index is -3.70. The predicted molar refractivity (Wildman–Crippen MR) is 98.7 cm³/mol. The summed E-state index contributed by atoms with van der Waals surface area (Å²) in [4.78, 5) is 12.4. The normalized spacial score (nSPS) is 16.0. The molecule has 1 N–H and O–H groups in total. The highest BCUT2D eigenvalue weighted by atomic mass is 32.2. The lowest BCUT2D eigenvalue weighted by atomic mass is 9.97. The van der Waals surface area contributed by atoms with Gasteiger partial charge in [0.05, 0.1) is 19.1 Å². The number of carbonyl (C=O) groups excluding carboxylic acids is 1. The highest BCUT2D eigenvalue weighted by molar-refractivity contribution is 7.89. The Morgan fingerprint density at radius 1 is 1.18 bits per heavy atom. The molecule has 3 rings (SSSR count). The van der Waals surface area contributed by atoms with E-state index in [2.05, 4.69) is 15.5 Å². The van der Waals surface area contributed by atoms with Gasteiger partial charge in [-0.2, -0.15) is 4.31 Å². The van der Waals surface area contributed by atoms with Gasteiger partial charge < -0.3 is 13.9 Å². The molecule has 0 atom stereocenters. The van der Waals surface area contributed by atoms with Gasteiger partial charge in [0.15, 0.2) is 11.5 Å². The van der Waals surface area contributed by atoms with Crippen molar-refractivity contribution in [3.05, 3.63) is 24.1 Å². The summed E-state index contributed by atoms with van der Waals surface area (Å²) in [6.07, 6.45) is 0.789. The Morgan fingerprint density at radius 3 is 2.43 bits per heavy atom. The number of nitrogens with one attached hydrogen (secondary N) is 1. The molecule has 1 saturated heterocycles. The van der Waals surface area contributed by atoms with Crippen molar-refractivity contribution < 1.29 is 27.1 Å². The first-order valence-electron chi connectivity index (χ1n) is 8.68. The summed E-state index contributed by atoms with van der Waals surface area (Å²) in [5.41, 5.74) is 0. The lowest BCUT2D eigenvalue weighted by Gasteiger charge is -2.30. The van der Waals surface area contributed by atoms with Gasteiger partial charge in [-0.05, 0) is 25.0 Å². The summed E-state index contributed by atoms with van der Waals surface area (Å²) < 4.78 is 42.7. The summed E-state index contributed by atoms with van der Waals surface area (Å²) in [7, 11) is -0.768. The largest absolute Gasteiger partial charge is 0.493 e. The van der Waals surface area contributed by atoms with Crippen LogP contribution in [-0.4, -0.2) is 56.1 Å². The first-order chi connectivity index (χ1) is 13.3. The number of nitrogens with zero attached hydrogens (tertiary/aromatic N) is 3. The lowest BCUT2D eigenvalue weighted by Crippen LogP contribution is -2.41. The molecule has 1 fully saturated rings. The summed E-state index contributed by atoms with van der Waals surface area (Å²) in [5.74, 6) is 0.558. The number of aromatic nitrogens is 2. The van der Waals surface area contributed by atoms with Gasteiger partial charge >= 0.3 is 6.01 Å². The van der Waals surface area contributed by atoms with Crippen molar-refractivity contribution >= 4 is 21.9 Å². The number of rotatable bonds is 6. The van der Waals surface area contributed by atoms with Crippen LogP contribution in [0.5, 0.6) is 11.5 Å². The predicted octanol–water partition coefficient (Wildman–Crippen LogP) is 1.43. The highest BCUT2D eigenvalue weighted by Gasteiger charge is 2.33. The van der Waals surface area contributed by atoms with Gasteiger partial charge in [-0.25, -0.2) is 8.42 Å². The number of aryl methyl sites for hydroxylation is 1. The molecule has 1 aromatic heterocycles. The van der Waals surface area contributed by atoms with Crippen molar-refractivity contribution in [3.63, 3.8) is 0 Å². The van der Waals surface area contributed by atoms with Crippen molar-refractivity contribution in [2.24, 2.45) is 5.92 Å². The molecule has 28 heavy (non-hydrogen) atoms. The smallest absolute Gasteiger partial charge is 0.322 e. The summed E-state index contributed by atoms with van der Waals surface area (Å²) in [5, 5.41) is 9.95. The average Bonchev–Trinajstić information content (AvgIpc) is 3.11. The van der Waals surface area contributed by atoms with Crippen LogP contribution in [0.1, 0.15) is 18.7 Å². The van der Waals surface area contributed by atoms with Crippen LogP contribution in [0.25, 0.3) is 0 Å². The van der Waals surface area contributed by atoms with Gasteiger partial charge in [-0.15, -0.1) is 5.10 Å². The monoisotopic (exact) mass is 410 g/mol. The molecule has 10 nitrogen and oxygen atoms in total. The molecule has 11 heteroatoms. The molecule has 0 aliphatic carbocycles. The third kappa shape index (κ3) is 4.09. The highest BCUT2D eigenvalue weighted by Crippen LogP contribution is 2.32. The van der Waals surface area contributed by atoms with Crippen LogP contribution in [0.15, 0.2) is 27.5 Å². The number of benzene rings is 1. The van der Waals surface area contributed by atoms with Gasteiger partial charge in [0.2, 0.25) is 21.8 Å². The van der Waals surface area contributed by atoms with E-state index in [1.54, 1.807) is 13.0 Å². The maximum absolute atomic E-state index is 12.9. The molecule has 1 amide bonds. The van der Waals surface area contributed by atoms with E-state index in [0.717, 1.165) is 0 Å². The number of ether oxygens (including phenoxy) is 2. The second-order valence-electron chi connectivity index (χ2n) is 6.31. The van der Waals surface area contributed by atoms with Gasteiger partial charge in [-0.3, -0.25) is 10.1 Å². The Labute approximate surface area is 162 Å². The standard InChI is InChI=1S/C17H22N4O6S/c1-11-19-20-17(27-11)18-16(22)12-6-8-21(9-7-12)28(23,24)13-4-5-14(25-2)15(10-13)26-3/h4-5,10,12H,6-9H2,1-3H3,(H,18,20,22). The van der Waals surface area contributed by atoms with E-state index in [1.165, 1.54) is 30.7 Å². The van der Waals surface area contributed by atoms with Gasteiger partial charge in [0.1, 0.15) is 0 Å². The maximum Gasteiger partial charge on any atom is 0.322 e. The molecule has 0 spiro atoms. The van der Waals surface area contributed by atoms with E-state index >= 15 is 0 Å². The molecular weight excluding hydrogens is 388 g/mol. The van der Waals surface area contributed by atoms with E-state index in [-0.39, 0.29) is 35.8 Å². The summed E-state index contributed by atoms with van der Waals surface area (Å²) in [6, 6.07) is 4.51. The quantitative estimate of drug-likeness (QED) is 0.758. The Kier molecular flexibility index (Phi) is 5.84. The summed E-state index contributed by atoms with van der Waals surface area (Å²) in [6.45, 7) is 2.09. The first-order valence-corrected chi connectivity index (χ1v) is 10.1. The SMILES string of the molecule is COc1ccc(S(=O)(=O)N2CCC(C(=O)Nc3nnc(C)o3)CC2)cc1OC. The third-order valence-electron chi connectivity index (χ3n) is 4.57. The molecule has 0 saturated carbocycles. The number of methoxy groups -OCH3 is 2. The van der Waals surface area contributed by atoms with Crippen LogP contribution in [-0.2, 0) is 14.8 Å². The van der Waals surface area contributed by atoms with Gasteiger partial charge in [0, 0.05) is 32.0 Å². The molecule has 1 aliphatic heterocycles. The topological polar surface area (TPSA) is 124 Å². The fraction of sp³-hybridized carbons (Fsp3) is 0.471. The molecule has 0 bridgehead atoms. The van der Waals surface area contributed by atoms with Crippen LogP contribution < -0.4 is 14.8 Å². The van der Waals surface area contributed by atoms with Crippen LogP contribution in [0, 0.1) is 12.8 Å². The Balaban J connectivity index is 1.65. The fourth-order valence-electron chi connectivity index (χ4n) is 3.04. The van der Waals surface area contributed by atoms with E-state index in [0.29, 0.717) is 30.2 Å². The zero-order valence-electron chi connectivity index (χ0n) is 15.8. The summed E-state index contributed by atoms with van der Waals surface area (Å²) >= 11 is 0. The van der Waals surface area contributed by atoms with E-state index in [9.17, 15) is 13.2 Å². The number of hydrogen-bond donors (Lipinski definition) is 1. The van der Waals surface area contributed by atoms with E-state index in [1.807, 2.05) is 0 Å². The average molecular weight is 410 g/mol. The molecule has 0 radical (unpaired) electrons. The molecule has 2 aromatic rings. The van der Waals surface area contributed by atoms with Crippen molar-refractivity contribution in [1.82, 2.24) is 14.5 Å². The second-order valence-corrected chi connectivity index (χ2v) is 8.25. The number of carbonyl (C=O) groups is 1.